The molecule has 0 aromatic heterocycles. The average Bonchev–Trinajstić information content (AvgIpc) is 2.76. The number of hydrogen-bond donors (Lipinski definition) is 2. The van der Waals surface area contributed by atoms with Gasteiger partial charge in [-0.25, -0.2) is 8.42 Å². The minimum Gasteiger partial charge on any atom is -0.497 e. The summed E-state index contributed by atoms with van der Waals surface area (Å²) in [5.41, 5.74) is 0.648. The number of rotatable bonds is 5. The number of sulfone groups is 1. The summed E-state index contributed by atoms with van der Waals surface area (Å²) in [5, 5.41) is 5.69. The fourth-order valence-corrected chi connectivity index (χ4v) is 3.81. The van der Waals surface area contributed by atoms with E-state index in [1.807, 2.05) is 0 Å². The fourth-order valence-electron chi connectivity index (χ4n) is 2.10. The summed E-state index contributed by atoms with van der Waals surface area (Å²) in [6.07, 6.45) is 0.564. The lowest BCUT2D eigenvalue weighted by atomic mass is 10.2. The second-order valence-corrected chi connectivity index (χ2v) is 6.99. The molecule has 0 saturated carbocycles. The molecule has 6 nitrogen and oxygen atoms in total. The Balaban J connectivity index is 1.81. The number of carbonyl (C=O) groups is 1. The smallest absolute Gasteiger partial charge is 0.238 e. The Morgan fingerprint density at radius 1 is 1.45 bits per heavy atom. The first-order valence-electron chi connectivity index (χ1n) is 6.36. The third-order valence-corrected chi connectivity index (χ3v) is 4.91. The number of nitrogens with one attached hydrogen (secondary N) is 2. The van der Waals surface area contributed by atoms with Gasteiger partial charge in [-0.05, 0) is 18.6 Å². The molecule has 0 aliphatic carbocycles. The van der Waals surface area contributed by atoms with Crippen LogP contribution < -0.4 is 15.4 Å². The van der Waals surface area contributed by atoms with Gasteiger partial charge >= 0.3 is 0 Å². The van der Waals surface area contributed by atoms with E-state index in [0.717, 1.165) is 0 Å². The van der Waals surface area contributed by atoms with Crippen molar-refractivity contribution >= 4 is 21.4 Å². The quantitative estimate of drug-likeness (QED) is 0.822. The molecule has 7 heteroatoms. The van der Waals surface area contributed by atoms with E-state index in [1.54, 1.807) is 31.4 Å². The van der Waals surface area contributed by atoms with Crippen LogP contribution in [0.15, 0.2) is 24.3 Å². The number of benzene rings is 1. The van der Waals surface area contributed by atoms with Gasteiger partial charge in [0.15, 0.2) is 9.84 Å². The van der Waals surface area contributed by atoms with Crippen molar-refractivity contribution in [2.75, 3.05) is 30.5 Å². The number of hydrogen-bond acceptors (Lipinski definition) is 5. The maximum atomic E-state index is 11.8. The molecule has 1 aromatic carbocycles. The van der Waals surface area contributed by atoms with Gasteiger partial charge < -0.3 is 15.4 Å². The van der Waals surface area contributed by atoms with E-state index < -0.39 is 9.84 Å². The van der Waals surface area contributed by atoms with Crippen LogP contribution in [0, 0.1) is 0 Å². The van der Waals surface area contributed by atoms with Crippen LogP contribution in [-0.2, 0) is 14.6 Å². The first-order valence-corrected chi connectivity index (χ1v) is 8.18. The Morgan fingerprint density at radius 3 is 2.90 bits per heavy atom. The number of ether oxygens (including phenoxy) is 1. The average molecular weight is 298 g/mol. The maximum absolute atomic E-state index is 11.8. The summed E-state index contributed by atoms with van der Waals surface area (Å²) in [6, 6.07) is 6.93. The van der Waals surface area contributed by atoms with Crippen LogP contribution in [0.25, 0.3) is 0 Å². The van der Waals surface area contributed by atoms with Crippen LogP contribution in [-0.4, -0.2) is 45.5 Å². The van der Waals surface area contributed by atoms with Crippen molar-refractivity contribution in [3.63, 3.8) is 0 Å². The molecule has 0 radical (unpaired) electrons. The zero-order chi connectivity index (χ0) is 14.6. The van der Waals surface area contributed by atoms with Gasteiger partial charge in [-0.2, -0.15) is 0 Å². The van der Waals surface area contributed by atoms with Gasteiger partial charge in [0.25, 0.3) is 0 Å². The molecule has 1 aromatic rings. The Labute approximate surface area is 118 Å². The lowest BCUT2D eigenvalue weighted by molar-refractivity contribution is -0.115. The summed E-state index contributed by atoms with van der Waals surface area (Å²) in [6.45, 7) is 0.0946. The molecule has 0 bridgehead atoms. The first kappa shape index (κ1) is 14.8. The Morgan fingerprint density at radius 2 is 2.25 bits per heavy atom. The van der Waals surface area contributed by atoms with E-state index in [1.165, 1.54) is 0 Å². The van der Waals surface area contributed by atoms with Gasteiger partial charge in [0.1, 0.15) is 5.75 Å². The van der Waals surface area contributed by atoms with Crippen molar-refractivity contribution < 1.29 is 17.9 Å². The van der Waals surface area contributed by atoms with Crippen molar-refractivity contribution in [3.8, 4) is 5.75 Å². The number of carbonyl (C=O) groups excluding carboxylic acids is 1. The molecule has 1 atom stereocenters. The fraction of sp³-hybridized carbons (Fsp3) is 0.462. The van der Waals surface area contributed by atoms with E-state index in [0.29, 0.717) is 17.9 Å². The third kappa shape index (κ3) is 4.21. The summed E-state index contributed by atoms with van der Waals surface area (Å²) in [4.78, 5) is 11.8. The Kier molecular flexibility index (Phi) is 4.61. The van der Waals surface area contributed by atoms with Gasteiger partial charge in [-0.15, -0.1) is 0 Å². The topological polar surface area (TPSA) is 84.5 Å². The van der Waals surface area contributed by atoms with E-state index in [9.17, 15) is 13.2 Å². The maximum Gasteiger partial charge on any atom is 0.238 e. The third-order valence-electron chi connectivity index (χ3n) is 3.14. The largest absolute Gasteiger partial charge is 0.497 e. The van der Waals surface area contributed by atoms with Crippen LogP contribution in [0.2, 0.25) is 0 Å². The number of amides is 1. The lowest BCUT2D eigenvalue weighted by Crippen LogP contribution is -2.36. The van der Waals surface area contributed by atoms with Crippen LogP contribution in [0.5, 0.6) is 5.75 Å². The molecule has 1 unspecified atom stereocenters. The van der Waals surface area contributed by atoms with Crippen LogP contribution in [0.3, 0.4) is 0 Å². The van der Waals surface area contributed by atoms with Crippen LogP contribution in [0.1, 0.15) is 6.42 Å². The normalized spacial score (nSPS) is 20.6. The molecular weight excluding hydrogens is 280 g/mol. The predicted octanol–water partition coefficient (Wildman–Crippen LogP) is 0.410. The van der Waals surface area contributed by atoms with Crippen molar-refractivity contribution in [1.29, 1.82) is 0 Å². The molecule has 20 heavy (non-hydrogen) atoms. The molecule has 1 amide bonds. The highest BCUT2D eigenvalue weighted by atomic mass is 32.2. The highest BCUT2D eigenvalue weighted by molar-refractivity contribution is 7.91. The molecule has 110 valence electrons. The lowest BCUT2D eigenvalue weighted by Gasteiger charge is -2.11. The zero-order valence-electron chi connectivity index (χ0n) is 11.3. The van der Waals surface area contributed by atoms with E-state index in [4.69, 9.17) is 4.74 Å². The zero-order valence-corrected chi connectivity index (χ0v) is 12.1. The summed E-state index contributed by atoms with van der Waals surface area (Å²) < 4.78 is 27.7. The van der Waals surface area contributed by atoms with Gasteiger partial charge in [-0.1, -0.05) is 6.07 Å². The first-order chi connectivity index (χ1) is 9.48. The minimum atomic E-state index is -2.92. The predicted molar refractivity (Wildman–Crippen MR) is 76.7 cm³/mol. The second-order valence-electron chi connectivity index (χ2n) is 4.76. The summed E-state index contributed by atoms with van der Waals surface area (Å²) >= 11 is 0. The minimum absolute atomic E-state index is 0.0946. The highest BCUT2D eigenvalue weighted by Crippen LogP contribution is 2.16. The number of anilines is 1. The van der Waals surface area contributed by atoms with Gasteiger partial charge in [0.2, 0.25) is 5.91 Å². The van der Waals surface area contributed by atoms with E-state index in [2.05, 4.69) is 10.6 Å². The van der Waals surface area contributed by atoms with Crippen molar-refractivity contribution in [2.45, 2.75) is 12.5 Å². The standard InChI is InChI=1S/C13H18N2O4S/c1-19-12-4-2-3-10(7-12)15-13(16)8-14-11-5-6-20(17,18)9-11/h2-4,7,11,14H,5-6,8-9H2,1H3,(H,15,16). The monoisotopic (exact) mass is 298 g/mol. The molecule has 1 fully saturated rings. The molecule has 2 N–H and O–H groups in total. The van der Waals surface area contributed by atoms with Gasteiger partial charge in [-0.3, -0.25) is 4.79 Å². The Bertz CT molecular complexity index is 586. The van der Waals surface area contributed by atoms with E-state index >= 15 is 0 Å². The molecule has 1 saturated heterocycles. The molecule has 1 aliphatic rings. The van der Waals surface area contributed by atoms with Crippen molar-refractivity contribution in [2.24, 2.45) is 0 Å². The number of methoxy groups -OCH3 is 1. The van der Waals surface area contributed by atoms with Crippen molar-refractivity contribution in [1.82, 2.24) is 5.32 Å². The summed E-state index contributed by atoms with van der Waals surface area (Å²) in [5.74, 6) is 0.766. The van der Waals surface area contributed by atoms with Gasteiger partial charge in [0.05, 0.1) is 25.2 Å². The van der Waals surface area contributed by atoms with Gasteiger partial charge in [0, 0.05) is 17.8 Å². The molecule has 1 aliphatic heterocycles. The SMILES string of the molecule is COc1cccc(NC(=O)CNC2CCS(=O)(=O)C2)c1. The second kappa shape index (κ2) is 6.23. The van der Waals surface area contributed by atoms with Crippen LogP contribution in [0.4, 0.5) is 5.69 Å². The van der Waals surface area contributed by atoms with Crippen molar-refractivity contribution in [3.05, 3.63) is 24.3 Å². The Hall–Kier alpha value is -1.60. The highest BCUT2D eigenvalue weighted by Gasteiger charge is 2.27. The van der Waals surface area contributed by atoms with Crippen LogP contribution >= 0.6 is 0 Å². The molecule has 0 spiro atoms. The molecule has 2 rings (SSSR count). The molecular formula is C13H18N2O4S. The summed E-state index contributed by atoms with van der Waals surface area (Å²) in [7, 11) is -1.36. The molecule has 1 heterocycles. The van der Waals surface area contributed by atoms with E-state index in [-0.39, 0.29) is 30.0 Å².